The van der Waals surface area contributed by atoms with E-state index < -0.39 is 11.9 Å². The van der Waals surface area contributed by atoms with Gasteiger partial charge in [0, 0.05) is 0 Å². The Morgan fingerprint density at radius 1 is 1.25 bits per heavy atom. The molecule has 12 heavy (non-hydrogen) atoms. The first-order chi connectivity index (χ1) is 5.50. The van der Waals surface area contributed by atoms with Gasteiger partial charge >= 0.3 is 78.0 Å². The van der Waals surface area contributed by atoms with E-state index in [9.17, 15) is 9.59 Å². The zero-order chi connectivity index (χ0) is 9.72. The third-order valence-corrected chi connectivity index (χ3v) is 2.53. The fourth-order valence-corrected chi connectivity index (χ4v) is 1.10. The van der Waals surface area contributed by atoms with Gasteiger partial charge in [-0.05, 0) is 0 Å². The Bertz CT molecular complexity index is 277. The van der Waals surface area contributed by atoms with E-state index in [1.165, 1.54) is 12.2 Å². The Morgan fingerprint density at radius 2 is 1.75 bits per heavy atom. The summed E-state index contributed by atoms with van der Waals surface area (Å²) in [7, 11) is 0. The summed E-state index contributed by atoms with van der Waals surface area (Å²) in [5.41, 5.74) is -0.197. The summed E-state index contributed by atoms with van der Waals surface area (Å²) in [6, 6.07) is 0. The second-order valence-electron chi connectivity index (χ2n) is 1.90. The molecule has 2 N–H and O–H groups in total. The standard InChI is InChI=1S/C7H6O4.Zn/c1-2-3-5(7(10)11)4-6(8)9;/h2-3H,1H2,(H,8,9)(H,10,11);/b5-3+;. The zero-order valence-electron chi connectivity index (χ0n) is 6.28. The maximum absolute atomic E-state index is 10.5. The van der Waals surface area contributed by atoms with Gasteiger partial charge in [-0.2, -0.15) is 0 Å². The van der Waals surface area contributed by atoms with E-state index in [1.54, 1.807) is 0 Å². The van der Waals surface area contributed by atoms with Gasteiger partial charge in [-0.1, -0.05) is 0 Å². The molecule has 0 saturated heterocycles. The summed E-state index contributed by atoms with van der Waals surface area (Å²) in [4.78, 5) is 20.8. The second-order valence-corrected chi connectivity index (χ2v) is 3.39. The van der Waals surface area contributed by atoms with E-state index in [4.69, 9.17) is 10.2 Å². The summed E-state index contributed by atoms with van der Waals surface area (Å²) in [6.45, 7) is 3.29. The van der Waals surface area contributed by atoms with Crippen molar-refractivity contribution in [1.29, 1.82) is 0 Å². The molecule has 0 atom stereocenters. The van der Waals surface area contributed by atoms with Gasteiger partial charge in [0.2, 0.25) is 0 Å². The summed E-state index contributed by atoms with van der Waals surface area (Å²) >= 11 is 0.293. The molecule has 0 aromatic rings. The first-order valence-corrected chi connectivity index (χ1v) is 4.47. The fourth-order valence-electron chi connectivity index (χ4n) is 0.534. The van der Waals surface area contributed by atoms with Crippen LogP contribution in [0.4, 0.5) is 0 Å². The van der Waals surface area contributed by atoms with E-state index in [-0.39, 0.29) is 9.68 Å². The van der Waals surface area contributed by atoms with Gasteiger partial charge in [-0.15, -0.1) is 0 Å². The molecule has 0 fully saturated rings. The monoisotopic (exact) mass is 218 g/mol. The van der Waals surface area contributed by atoms with E-state index in [2.05, 4.69) is 6.58 Å². The molecule has 0 radical (unpaired) electrons. The normalized spacial score (nSPS) is 10.7. The molecule has 0 aromatic heterocycles. The van der Waals surface area contributed by atoms with Crippen molar-refractivity contribution in [3.63, 3.8) is 0 Å². The van der Waals surface area contributed by atoms with Crippen molar-refractivity contribution >= 4 is 16.0 Å². The third kappa shape index (κ3) is 2.88. The molecule has 0 amide bonds. The van der Waals surface area contributed by atoms with Crippen molar-refractivity contribution in [3.8, 4) is 0 Å². The van der Waals surface area contributed by atoms with Gasteiger partial charge in [0.1, 0.15) is 0 Å². The molecule has 0 aliphatic rings. The Balaban J connectivity index is 4.89. The Kier molecular flexibility index (Phi) is 4.30. The molecule has 60 valence electrons. The summed E-state index contributed by atoms with van der Waals surface area (Å²) < 4.78 is -0.0811. The first-order valence-electron chi connectivity index (χ1n) is 2.99. The third-order valence-electron chi connectivity index (χ3n) is 1.10. The maximum atomic E-state index is 10.5. The zero-order valence-corrected chi connectivity index (χ0v) is 9.25. The quantitative estimate of drug-likeness (QED) is 0.396. The Labute approximate surface area is 78.4 Å². The first kappa shape index (κ1) is 10.9. The number of carbonyl (C=O) groups is 2. The van der Waals surface area contributed by atoms with Crippen molar-refractivity contribution in [2.24, 2.45) is 0 Å². The number of hydrogen-bond donors (Lipinski definition) is 2. The van der Waals surface area contributed by atoms with E-state index in [0.29, 0.717) is 17.9 Å². The van der Waals surface area contributed by atoms with Crippen molar-refractivity contribution in [2.45, 2.75) is 0 Å². The number of carboxylic acids is 2. The molecule has 0 aliphatic carbocycles. The van der Waals surface area contributed by atoms with E-state index in [1.807, 2.05) is 0 Å². The number of hydrogen-bond acceptors (Lipinski definition) is 2. The molecule has 0 saturated carbocycles. The summed E-state index contributed by atoms with van der Waals surface area (Å²) in [5, 5.41) is 17.0. The number of rotatable bonds is 4. The van der Waals surface area contributed by atoms with Crippen LogP contribution in [0, 0.1) is 0 Å². The molecule has 0 rings (SSSR count). The van der Waals surface area contributed by atoms with Crippen LogP contribution < -0.4 is 0 Å². The van der Waals surface area contributed by atoms with Gasteiger partial charge in [-0.25, -0.2) is 0 Å². The SMILES string of the molecule is C=C/C=C(/C(=O)O)[C](=[Zn])C(=O)O. The van der Waals surface area contributed by atoms with E-state index in [0.717, 1.165) is 0 Å². The predicted molar refractivity (Wildman–Crippen MR) is 38.6 cm³/mol. The molecular formula is C7H6O4Zn. The van der Waals surface area contributed by atoms with Crippen LogP contribution in [-0.2, 0) is 27.4 Å². The van der Waals surface area contributed by atoms with Gasteiger partial charge in [0.25, 0.3) is 0 Å². The second kappa shape index (κ2) is 4.72. The molecule has 0 aromatic carbocycles. The van der Waals surface area contributed by atoms with Gasteiger partial charge in [0.05, 0.1) is 0 Å². The minimum absolute atomic E-state index is 0.0811. The molecule has 0 heterocycles. The average Bonchev–Trinajstić information content (AvgIpc) is 1.98. The molecule has 4 nitrogen and oxygen atoms in total. The summed E-state index contributed by atoms with van der Waals surface area (Å²) in [6.07, 6.45) is 2.43. The molecule has 5 heteroatoms. The number of carboxylic acid groups (broad SMARTS) is 2. The van der Waals surface area contributed by atoms with Crippen LogP contribution in [0.25, 0.3) is 0 Å². The summed E-state index contributed by atoms with van der Waals surface area (Å²) in [5.74, 6) is -2.43. The molecule has 0 bridgehead atoms. The molecule has 0 unspecified atom stereocenters. The predicted octanol–water partition coefficient (Wildman–Crippen LogP) is -0.0128. The van der Waals surface area contributed by atoms with Crippen LogP contribution >= 0.6 is 0 Å². The van der Waals surface area contributed by atoms with Crippen molar-refractivity contribution in [1.82, 2.24) is 0 Å². The Hall–Kier alpha value is -1.09. The van der Waals surface area contributed by atoms with Gasteiger partial charge in [-0.3, -0.25) is 0 Å². The van der Waals surface area contributed by atoms with Crippen molar-refractivity contribution in [3.05, 3.63) is 24.3 Å². The Morgan fingerprint density at radius 3 is 2.00 bits per heavy atom. The minimum atomic E-state index is -1.24. The van der Waals surface area contributed by atoms with Crippen LogP contribution in [-0.4, -0.2) is 26.3 Å². The van der Waals surface area contributed by atoms with Crippen molar-refractivity contribution < 1.29 is 37.7 Å². The van der Waals surface area contributed by atoms with Crippen LogP contribution in [0.15, 0.2) is 24.3 Å². The van der Waals surface area contributed by atoms with Crippen LogP contribution in [0.3, 0.4) is 0 Å². The van der Waals surface area contributed by atoms with Crippen LogP contribution in [0.1, 0.15) is 0 Å². The van der Waals surface area contributed by atoms with Gasteiger partial charge < -0.3 is 0 Å². The van der Waals surface area contributed by atoms with Crippen LogP contribution in [0.2, 0.25) is 0 Å². The molecule has 0 spiro atoms. The average molecular weight is 220 g/mol. The van der Waals surface area contributed by atoms with E-state index >= 15 is 0 Å². The number of allylic oxidation sites excluding steroid dienone is 2. The molecule has 0 aliphatic heterocycles. The van der Waals surface area contributed by atoms with Crippen molar-refractivity contribution in [2.75, 3.05) is 0 Å². The topological polar surface area (TPSA) is 74.6 Å². The van der Waals surface area contributed by atoms with Crippen LogP contribution in [0.5, 0.6) is 0 Å². The number of aliphatic carboxylic acids is 2. The van der Waals surface area contributed by atoms with Gasteiger partial charge in [0.15, 0.2) is 0 Å². The molecular weight excluding hydrogens is 213 g/mol. The fraction of sp³-hybridized carbons (Fsp3) is 0.